The Balaban J connectivity index is 1.50. The molecule has 30 heavy (non-hydrogen) atoms. The molecule has 2 fully saturated rings. The normalized spacial score (nSPS) is 25.1. The molecule has 2 saturated carbocycles. The van der Waals surface area contributed by atoms with Gasteiger partial charge < -0.3 is 10.6 Å². The number of benzene rings is 1. The first kappa shape index (κ1) is 18.4. The number of fused-ring (bicyclic) bond motifs is 2. The van der Waals surface area contributed by atoms with Crippen LogP contribution in [0.15, 0.2) is 24.8 Å². The van der Waals surface area contributed by atoms with Crippen molar-refractivity contribution in [2.24, 2.45) is 5.41 Å². The Bertz CT molecular complexity index is 1190. The lowest BCUT2D eigenvalue weighted by Crippen LogP contribution is -2.16. The van der Waals surface area contributed by atoms with E-state index in [0.717, 1.165) is 41.1 Å². The third kappa shape index (κ3) is 2.69. The van der Waals surface area contributed by atoms with Gasteiger partial charge in [0.1, 0.15) is 0 Å². The molecule has 6 heteroatoms. The first-order chi connectivity index (χ1) is 14.4. The summed E-state index contributed by atoms with van der Waals surface area (Å²) in [6, 6.07) is 8.67. The number of allylic oxidation sites excluding steroid dienone is 1. The molecule has 6 nitrogen and oxygen atoms in total. The van der Waals surface area contributed by atoms with E-state index in [0.29, 0.717) is 18.9 Å². The first-order valence-electron chi connectivity index (χ1n) is 10.1. The van der Waals surface area contributed by atoms with Crippen molar-refractivity contribution >= 4 is 17.7 Å². The van der Waals surface area contributed by atoms with E-state index < -0.39 is 0 Å². The molecule has 3 aliphatic rings. The Morgan fingerprint density at radius 2 is 1.97 bits per heavy atom. The summed E-state index contributed by atoms with van der Waals surface area (Å²) in [5.74, 6) is 0.590. The molecule has 0 atom stereocenters. The summed E-state index contributed by atoms with van der Waals surface area (Å²) in [5.41, 5.74) is 8.03. The van der Waals surface area contributed by atoms with Crippen LogP contribution in [0.25, 0.3) is 11.8 Å². The molecule has 0 radical (unpaired) electrons. The average Bonchev–Trinajstić information content (AvgIpc) is 3.46. The summed E-state index contributed by atoms with van der Waals surface area (Å²) < 4.78 is 0. The molecule has 5 rings (SSSR count). The Morgan fingerprint density at radius 3 is 2.60 bits per heavy atom. The smallest absolute Gasteiger partial charge is 0.224 e. The molecule has 1 aliphatic heterocycles. The average molecular weight is 394 g/mol. The maximum absolute atomic E-state index is 9.36. The van der Waals surface area contributed by atoms with E-state index in [-0.39, 0.29) is 11.0 Å². The summed E-state index contributed by atoms with van der Waals surface area (Å²) in [6.07, 6.45) is 5.78. The number of hydrogen-bond acceptors (Lipinski definition) is 6. The highest BCUT2D eigenvalue weighted by atomic mass is 15.3. The van der Waals surface area contributed by atoms with Gasteiger partial charge in [-0.25, -0.2) is 9.97 Å². The van der Waals surface area contributed by atoms with Crippen LogP contribution in [0, 0.1) is 41.9 Å². The van der Waals surface area contributed by atoms with E-state index in [4.69, 9.17) is 15.2 Å². The fourth-order valence-corrected chi connectivity index (χ4v) is 4.65. The van der Waals surface area contributed by atoms with Crippen molar-refractivity contribution in [3.05, 3.63) is 64.0 Å². The van der Waals surface area contributed by atoms with Gasteiger partial charge in [-0.05, 0) is 55.0 Å². The summed E-state index contributed by atoms with van der Waals surface area (Å²) >= 11 is 0. The molecule has 0 saturated heterocycles. The number of nitriles is 2. The molecule has 1 aromatic carbocycles. The van der Waals surface area contributed by atoms with Crippen LogP contribution >= 0.6 is 0 Å². The molecule has 0 bridgehead atoms. The lowest BCUT2D eigenvalue weighted by Gasteiger charge is -2.15. The van der Waals surface area contributed by atoms with Crippen LogP contribution in [0.4, 0.5) is 5.95 Å². The van der Waals surface area contributed by atoms with Crippen LogP contribution in [0.3, 0.4) is 0 Å². The molecule has 0 unspecified atom stereocenters. The molecule has 2 heterocycles. The van der Waals surface area contributed by atoms with Crippen molar-refractivity contribution in [1.82, 2.24) is 15.3 Å². The van der Waals surface area contributed by atoms with Crippen molar-refractivity contribution in [2.75, 3.05) is 5.32 Å². The maximum Gasteiger partial charge on any atom is 0.224 e. The summed E-state index contributed by atoms with van der Waals surface area (Å²) in [5, 5.41) is 24.9. The number of anilines is 1. The Morgan fingerprint density at radius 1 is 1.23 bits per heavy atom. The minimum absolute atomic E-state index is 0.124. The zero-order chi connectivity index (χ0) is 21.1. The van der Waals surface area contributed by atoms with E-state index in [1.165, 1.54) is 22.8 Å². The quantitative estimate of drug-likeness (QED) is 0.750. The Kier molecular flexibility index (Phi) is 3.79. The minimum Gasteiger partial charge on any atom is -0.380 e. The van der Waals surface area contributed by atoms with E-state index in [1.807, 2.05) is 12.1 Å². The number of rotatable bonds is 5. The van der Waals surface area contributed by atoms with Gasteiger partial charge in [-0.15, -0.1) is 0 Å². The van der Waals surface area contributed by atoms with E-state index >= 15 is 0 Å². The van der Waals surface area contributed by atoms with Gasteiger partial charge in [-0.2, -0.15) is 10.5 Å². The van der Waals surface area contributed by atoms with Crippen LogP contribution in [0.1, 0.15) is 52.0 Å². The van der Waals surface area contributed by atoms with Crippen molar-refractivity contribution in [2.45, 2.75) is 45.2 Å². The lowest BCUT2D eigenvalue weighted by atomic mass is 9.94. The largest absolute Gasteiger partial charge is 0.380 e. The van der Waals surface area contributed by atoms with Gasteiger partial charge in [-0.1, -0.05) is 18.7 Å². The van der Waals surface area contributed by atoms with E-state index in [9.17, 15) is 5.26 Å². The van der Waals surface area contributed by atoms with Crippen molar-refractivity contribution < 1.29 is 0 Å². The number of nitrogens with one attached hydrogen (secondary N) is 2. The summed E-state index contributed by atoms with van der Waals surface area (Å²) in [7, 11) is 0. The van der Waals surface area contributed by atoms with Crippen LogP contribution in [0.5, 0.6) is 0 Å². The van der Waals surface area contributed by atoms with Crippen molar-refractivity contribution in [3.8, 4) is 12.1 Å². The number of nitrogens with zero attached hydrogens (tertiary/aromatic N) is 4. The Hall–Kier alpha value is -3.64. The third-order valence-corrected chi connectivity index (χ3v) is 6.71. The van der Waals surface area contributed by atoms with Crippen LogP contribution in [-0.4, -0.2) is 15.5 Å². The molecule has 0 spiro atoms. The Labute approximate surface area is 176 Å². The highest BCUT2D eigenvalue weighted by molar-refractivity contribution is 5.68. The fourth-order valence-electron chi connectivity index (χ4n) is 4.65. The molecule has 148 valence electrons. The minimum atomic E-state index is -0.204. The zero-order valence-electron chi connectivity index (χ0n) is 17.1. The second-order valence-electron chi connectivity index (χ2n) is 8.68. The van der Waals surface area contributed by atoms with E-state index in [2.05, 4.69) is 49.3 Å². The monoisotopic (exact) mass is 394 g/mol. The molecular formula is C24H22N6. The number of aryl methyl sites for hydroxylation is 2. The summed E-state index contributed by atoms with van der Waals surface area (Å²) in [4.78, 5) is 9.59. The second-order valence-corrected chi connectivity index (χ2v) is 8.68. The lowest BCUT2D eigenvalue weighted by molar-refractivity contribution is 0.781. The standard InChI is InChI=1S/C24H22N6/c1-14-7-17(5-4-6-25)8-15(2)18(14)9-20-19-10-27-16(3)21(19)29-22(28-20)30-24-11-23(24,12-24)13-26/h4-5,7-8,27H,3,9-12H2,1-2H3,(H,28,29,30)/b5-4+. The van der Waals surface area contributed by atoms with Crippen molar-refractivity contribution in [3.63, 3.8) is 0 Å². The molecule has 1 aromatic heterocycles. The molecule has 2 aromatic rings. The fraction of sp³-hybridized carbons (Fsp3) is 0.333. The SMILES string of the molecule is C=C1NCc2c(Cc3c(C)cc(/C=C/C#N)cc3C)nc(NC34CC3(C#N)C4)nc21. The third-order valence-electron chi connectivity index (χ3n) is 6.71. The van der Waals surface area contributed by atoms with Gasteiger partial charge in [0.15, 0.2) is 0 Å². The van der Waals surface area contributed by atoms with Gasteiger partial charge in [-0.3, -0.25) is 0 Å². The number of aromatic nitrogens is 2. The van der Waals surface area contributed by atoms with Gasteiger partial charge in [0.25, 0.3) is 0 Å². The van der Waals surface area contributed by atoms with Gasteiger partial charge in [0.2, 0.25) is 5.95 Å². The van der Waals surface area contributed by atoms with Gasteiger partial charge in [0, 0.05) is 24.6 Å². The van der Waals surface area contributed by atoms with Gasteiger partial charge >= 0.3 is 0 Å². The highest BCUT2D eigenvalue weighted by Gasteiger charge is 2.85. The zero-order valence-corrected chi connectivity index (χ0v) is 17.1. The van der Waals surface area contributed by atoms with Crippen LogP contribution < -0.4 is 10.6 Å². The second kappa shape index (κ2) is 6.18. The molecule has 2 aliphatic carbocycles. The molecule has 0 amide bonds. The highest BCUT2D eigenvalue weighted by Crippen LogP contribution is 2.79. The van der Waals surface area contributed by atoms with Crippen LogP contribution in [0.2, 0.25) is 0 Å². The van der Waals surface area contributed by atoms with Crippen LogP contribution in [-0.2, 0) is 13.0 Å². The number of hydrogen-bond donors (Lipinski definition) is 2. The predicted molar refractivity (Wildman–Crippen MR) is 115 cm³/mol. The van der Waals surface area contributed by atoms with E-state index in [1.54, 1.807) is 0 Å². The maximum atomic E-state index is 9.36. The summed E-state index contributed by atoms with van der Waals surface area (Å²) in [6.45, 7) is 8.97. The van der Waals surface area contributed by atoms with Crippen molar-refractivity contribution in [1.29, 1.82) is 10.5 Å². The topological polar surface area (TPSA) is 97.4 Å². The molecular weight excluding hydrogens is 372 g/mol. The molecule has 2 N–H and O–H groups in total. The van der Waals surface area contributed by atoms with Gasteiger partial charge in [0.05, 0.1) is 40.2 Å². The predicted octanol–water partition coefficient (Wildman–Crippen LogP) is 3.76. The first-order valence-corrected chi connectivity index (χ1v) is 10.1.